The molecule has 3 fully saturated rings. The molecule has 1 aromatic rings. The highest BCUT2D eigenvalue weighted by molar-refractivity contribution is 5.74. The Morgan fingerprint density at radius 3 is 2.48 bits per heavy atom. The lowest BCUT2D eigenvalue weighted by Gasteiger charge is -2.40. The number of para-hydroxylation sites is 1. The van der Waals surface area contributed by atoms with Crippen LogP contribution in [0.5, 0.6) is 0 Å². The molecule has 2 amide bonds. The highest BCUT2D eigenvalue weighted by Crippen LogP contribution is 2.23. The Hall–Kier alpha value is -1.79. The van der Waals surface area contributed by atoms with Gasteiger partial charge in [0.05, 0.1) is 13.2 Å². The van der Waals surface area contributed by atoms with Crippen LogP contribution in [0.3, 0.4) is 0 Å². The van der Waals surface area contributed by atoms with Crippen molar-refractivity contribution in [3.05, 3.63) is 30.3 Å². The molecule has 0 aromatic heterocycles. The topological polar surface area (TPSA) is 48.1 Å². The molecule has 6 nitrogen and oxygen atoms in total. The van der Waals surface area contributed by atoms with Crippen molar-refractivity contribution in [2.24, 2.45) is 5.92 Å². The van der Waals surface area contributed by atoms with Gasteiger partial charge in [-0.15, -0.1) is 0 Å². The van der Waals surface area contributed by atoms with Crippen molar-refractivity contribution in [1.82, 2.24) is 15.1 Å². The Morgan fingerprint density at radius 1 is 1.00 bits per heavy atom. The number of hydrogen-bond acceptors (Lipinski definition) is 4. The lowest BCUT2D eigenvalue weighted by Crippen LogP contribution is -2.52. The highest BCUT2D eigenvalue weighted by atomic mass is 16.5. The average molecular weight is 373 g/mol. The normalized spacial score (nSPS) is 25.0. The Kier molecular flexibility index (Phi) is 6.14. The van der Waals surface area contributed by atoms with E-state index in [1.807, 2.05) is 4.90 Å². The third-order valence-electron chi connectivity index (χ3n) is 6.26. The van der Waals surface area contributed by atoms with Gasteiger partial charge in [0.25, 0.3) is 0 Å². The minimum absolute atomic E-state index is 0.119. The van der Waals surface area contributed by atoms with Gasteiger partial charge in [0.2, 0.25) is 0 Å². The molecule has 1 aromatic carbocycles. The second-order valence-corrected chi connectivity index (χ2v) is 7.99. The number of anilines is 1. The van der Waals surface area contributed by atoms with E-state index in [0.29, 0.717) is 12.0 Å². The molecule has 1 N–H and O–H groups in total. The third-order valence-corrected chi connectivity index (χ3v) is 6.26. The molecule has 148 valence electrons. The number of urea groups is 1. The molecule has 3 heterocycles. The monoisotopic (exact) mass is 372 g/mol. The maximum atomic E-state index is 12.6. The standard InChI is InChI=1S/C21H32N4O2/c26-21(24-10-7-20(8-11-24)23-12-14-27-15-13-23)22-16-18-6-9-25(17-18)19-4-2-1-3-5-19/h1-5,18,20H,6-17H2,(H,22,26)/t18-/m0/s1. The summed E-state index contributed by atoms with van der Waals surface area (Å²) in [4.78, 5) is 19.5. The lowest BCUT2D eigenvalue weighted by molar-refractivity contribution is 0.00379. The van der Waals surface area contributed by atoms with E-state index in [-0.39, 0.29) is 6.03 Å². The summed E-state index contributed by atoms with van der Waals surface area (Å²) in [5.74, 6) is 0.542. The van der Waals surface area contributed by atoms with E-state index in [2.05, 4.69) is 45.4 Å². The lowest BCUT2D eigenvalue weighted by atomic mass is 10.0. The summed E-state index contributed by atoms with van der Waals surface area (Å²) in [6.07, 6.45) is 3.31. The van der Waals surface area contributed by atoms with Crippen LogP contribution in [0.2, 0.25) is 0 Å². The number of likely N-dealkylation sites (tertiary alicyclic amines) is 1. The van der Waals surface area contributed by atoms with Crippen molar-refractivity contribution >= 4 is 11.7 Å². The summed E-state index contributed by atoms with van der Waals surface area (Å²) in [7, 11) is 0. The van der Waals surface area contributed by atoms with Crippen LogP contribution in [0.1, 0.15) is 19.3 Å². The molecule has 0 saturated carbocycles. The van der Waals surface area contributed by atoms with Crippen LogP contribution in [0.25, 0.3) is 0 Å². The Bertz CT molecular complexity index is 597. The SMILES string of the molecule is O=C(NC[C@@H]1CCN(c2ccccc2)C1)N1CCC(N2CCOCC2)CC1. The number of carbonyl (C=O) groups excluding carboxylic acids is 1. The van der Waals surface area contributed by atoms with Crippen LogP contribution >= 0.6 is 0 Å². The first-order valence-electron chi connectivity index (χ1n) is 10.4. The predicted octanol–water partition coefficient (Wildman–Crippen LogP) is 2.02. The minimum atomic E-state index is 0.119. The van der Waals surface area contributed by atoms with E-state index in [1.165, 1.54) is 5.69 Å². The van der Waals surface area contributed by atoms with E-state index in [1.54, 1.807) is 0 Å². The third kappa shape index (κ3) is 4.74. The number of ether oxygens (including phenoxy) is 1. The molecule has 27 heavy (non-hydrogen) atoms. The molecule has 0 aliphatic carbocycles. The molecular formula is C21H32N4O2. The van der Waals surface area contributed by atoms with E-state index in [4.69, 9.17) is 4.74 Å². The Balaban J connectivity index is 1.17. The number of rotatable bonds is 4. The predicted molar refractivity (Wildman–Crippen MR) is 107 cm³/mol. The van der Waals surface area contributed by atoms with Crippen molar-refractivity contribution < 1.29 is 9.53 Å². The van der Waals surface area contributed by atoms with Crippen molar-refractivity contribution in [3.63, 3.8) is 0 Å². The second-order valence-electron chi connectivity index (χ2n) is 7.99. The van der Waals surface area contributed by atoms with Crippen molar-refractivity contribution in [3.8, 4) is 0 Å². The van der Waals surface area contributed by atoms with Crippen LogP contribution in [-0.4, -0.2) is 80.9 Å². The van der Waals surface area contributed by atoms with Gasteiger partial charge in [-0.1, -0.05) is 18.2 Å². The zero-order valence-corrected chi connectivity index (χ0v) is 16.2. The van der Waals surface area contributed by atoms with Gasteiger partial charge in [0.15, 0.2) is 0 Å². The van der Waals surface area contributed by atoms with E-state index < -0.39 is 0 Å². The molecule has 3 aliphatic rings. The van der Waals surface area contributed by atoms with Crippen LogP contribution in [-0.2, 0) is 4.74 Å². The number of nitrogens with one attached hydrogen (secondary N) is 1. The number of morpholine rings is 1. The number of piperidine rings is 1. The highest BCUT2D eigenvalue weighted by Gasteiger charge is 2.28. The van der Waals surface area contributed by atoms with Gasteiger partial charge in [-0.3, -0.25) is 4.90 Å². The Morgan fingerprint density at radius 2 is 1.74 bits per heavy atom. The van der Waals surface area contributed by atoms with Gasteiger partial charge in [0, 0.05) is 57.5 Å². The second kappa shape index (κ2) is 8.93. The maximum Gasteiger partial charge on any atom is 0.317 e. The largest absolute Gasteiger partial charge is 0.379 e. The van der Waals surface area contributed by atoms with Crippen LogP contribution < -0.4 is 10.2 Å². The summed E-state index contributed by atoms with van der Waals surface area (Å²) in [5, 5.41) is 3.19. The van der Waals surface area contributed by atoms with Crippen molar-refractivity contribution in [2.45, 2.75) is 25.3 Å². The fraction of sp³-hybridized carbons (Fsp3) is 0.667. The summed E-state index contributed by atoms with van der Waals surface area (Å²) >= 11 is 0. The summed E-state index contributed by atoms with van der Waals surface area (Å²) in [6, 6.07) is 11.3. The van der Waals surface area contributed by atoms with Gasteiger partial charge < -0.3 is 19.9 Å². The van der Waals surface area contributed by atoms with Gasteiger partial charge in [-0.05, 0) is 37.3 Å². The number of amides is 2. The quantitative estimate of drug-likeness (QED) is 0.879. The molecule has 3 aliphatic heterocycles. The van der Waals surface area contributed by atoms with Crippen molar-refractivity contribution in [2.75, 3.05) is 63.9 Å². The molecule has 0 bridgehead atoms. The molecule has 6 heteroatoms. The molecule has 0 unspecified atom stereocenters. The number of carbonyl (C=O) groups is 1. The van der Waals surface area contributed by atoms with Gasteiger partial charge in [0.1, 0.15) is 0 Å². The van der Waals surface area contributed by atoms with E-state index >= 15 is 0 Å². The summed E-state index contributed by atoms with van der Waals surface area (Å²) in [5.41, 5.74) is 1.29. The summed E-state index contributed by atoms with van der Waals surface area (Å²) in [6.45, 7) is 8.41. The van der Waals surface area contributed by atoms with Crippen LogP contribution in [0.15, 0.2) is 30.3 Å². The molecule has 1 atom stereocenters. The van der Waals surface area contributed by atoms with Gasteiger partial charge in [-0.2, -0.15) is 0 Å². The number of nitrogens with zero attached hydrogens (tertiary/aromatic N) is 3. The first-order chi connectivity index (χ1) is 13.3. The zero-order valence-electron chi connectivity index (χ0n) is 16.2. The first-order valence-corrected chi connectivity index (χ1v) is 10.4. The van der Waals surface area contributed by atoms with Crippen LogP contribution in [0, 0.1) is 5.92 Å². The fourth-order valence-electron chi connectivity index (χ4n) is 4.59. The van der Waals surface area contributed by atoms with E-state index in [0.717, 1.165) is 78.3 Å². The molecule has 0 radical (unpaired) electrons. The van der Waals surface area contributed by atoms with Crippen LogP contribution in [0.4, 0.5) is 10.5 Å². The smallest absolute Gasteiger partial charge is 0.317 e. The van der Waals surface area contributed by atoms with Gasteiger partial charge >= 0.3 is 6.03 Å². The first kappa shape index (κ1) is 18.6. The molecule has 3 saturated heterocycles. The fourth-order valence-corrected chi connectivity index (χ4v) is 4.59. The molecular weight excluding hydrogens is 340 g/mol. The molecule has 4 rings (SSSR count). The maximum absolute atomic E-state index is 12.6. The van der Waals surface area contributed by atoms with Crippen molar-refractivity contribution in [1.29, 1.82) is 0 Å². The minimum Gasteiger partial charge on any atom is -0.379 e. The van der Waals surface area contributed by atoms with Gasteiger partial charge in [-0.25, -0.2) is 4.79 Å². The summed E-state index contributed by atoms with van der Waals surface area (Å²) < 4.78 is 5.45. The molecule has 0 spiro atoms. The number of benzene rings is 1. The number of hydrogen-bond donors (Lipinski definition) is 1. The zero-order chi connectivity index (χ0) is 18.5. The average Bonchev–Trinajstić information content (AvgIpc) is 3.22. The van der Waals surface area contributed by atoms with E-state index in [9.17, 15) is 4.79 Å². The Labute approximate surface area is 162 Å².